The number of hydrogen-bond acceptors (Lipinski definition) is 6. The number of thiazole rings is 1. The SMILES string of the molecule is Cc1nc(C)c(CC(=O)Nc2cc(-c3n[nH]c4ccc(OC(C)C)cc34)ccn2)s1. The molecule has 8 heteroatoms. The number of carbonyl (C=O) groups excluding carboxylic acids is 1. The number of nitrogens with one attached hydrogen (secondary N) is 2. The summed E-state index contributed by atoms with van der Waals surface area (Å²) in [4.78, 5) is 22.1. The largest absolute Gasteiger partial charge is 0.491 e. The van der Waals surface area contributed by atoms with E-state index in [1.807, 2.05) is 58.0 Å². The van der Waals surface area contributed by atoms with Gasteiger partial charge in [0.25, 0.3) is 0 Å². The monoisotopic (exact) mass is 421 g/mol. The summed E-state index contributed by atoms with van der Waals surface area (Å²) in [5.74, 6) is 1.16. The van der Waals surface area contributed by atoms with Gasteiger partial charge in [-0.1, -0.05) is 0 Å². The van der Waals surface area contributed by atoms with E-state index in [2.05, 4.69) is 25.5 Å². The number of aromatic amines is 1. The Hall–Kier alpha value is -3.26. The van der Waals surface area contributed by atoms with Crippen molar-refractivity contribution in [3.05, 3.63) is 52.1 Å². The molecule has 30 heavy (non-hydrogen) atoms. The van der Waals surface area contributed by atoms with E-state index in [9.17, 15) is 4.79 Å². The Morgan fingerprint density at radius 2 is 2.07 bits per heavy atom. The maximum absolute atomic E-state index is 12.5. The van der Waals surface area contributed by atoms with Crippen molar-refractivity contribution in [2.75, 3.05) is 5.32 Å². The lowest BCUT2D eigenvalue weighted by Crippen LogP contribution is -2.15. The molecule has 0 aliphatic carbocycles. The molecule has 2 N–H and O–H groups in total. The Morgan fingerprint density at radius 1 is 1.23 bits per heavy atom. The number of nitrogens with zero attached hydrogens (tertiary/aromatic N) is 3. The number of hydrogen-bond donors (Lipinski definition) is 2. The first-order valence-corrected chi connectivity index (χ1v) is 10.5. The van der Waals surface area contributed by atoms with Gasteiger partial charge >= 0.3 is 0 Å². The third-order valence-corrected chi connectivity index (χ3v) is 5.60. The van der Waals surface area contributed by atoms with Crippen molar-refractivity contribution in [3.8, 4) is 17.0 Å². The van der Waals surface area contributed by atoms with Crippen molar-refractivity contribution in [2.45, 2.75) is 40.2 Å². The number of H-pyrrole nitrogens is 1. The van der Waals surface area contributed by atoms with Crippen LogP contribution in [0.5, 0.6) is 5.75 Å². The quantitative estimate of drug-likeness (QED) is 0.472. The first-order valence-electron chi connectivity index (χ1n) is 9.73. The zero-order valence-electron chi connectivity index (χ0n) is 17.3. The normalized spacial score (nSPS) is 11.2. The minimum absolute atomic E-state index is 0.0894. The summed E-state index contributed by atoms with van der Waals surface area (Å²) < 4.78 is 5.81. The number of aromatic nitrogens is 4. The van der Waals surface area contributed by atoms with Crippen LogP contribution in [0, 0.1) is 13.8 Å². The molecule has 0 atom stereocenters. The molecular formula is C22H23N5O2S. The molecule has 7 nitrogen and oxygen atoms in total. The van der Waals surface area contributed by atoms with Gasteiger partial charge in [0.1, 0.15) is 17.3 Å². The fraction of sp³-hybridized carbons (Fsp3) is 0.273. The topological polar surface area (TPSA) is 92.8 Å². The van der Waals surface area contributed by atoms with Crippen LogP contribution in [0.25, 0.3) is 22.2 Å². The number of pyridine rings is 1. The molecule has 3 aromatic heterocycles. The van der Waals surface area contributed by atoms with Crippen molar-refractivity contribution in [3.63, 3.8) is 0 Å². The Labute approximate surface area is 178 Å². The molecule has 0 radical (unpaired) electrons. The fourth-order valence-electron chi connectivity index (χ4n) is 3.28. The standard InChI is InChI=1S/C22H23N5O2S/c1-12(2)29-16-5-6-18-17(10-16)22(27-26-18)15-7-8-23-20(9-15)25-21(28)11-19-13(3)24-14(4)30-19/h5-10,12H,11H2,1-4H3,(H,26,27)(H,23,25,28). The molecule has 0 bridgehead atoms. The molecule has 3 heterocycles. The zero-order chi connectivity index (χ0) is 21.3. The second-order valence-corrected chi connectivity index (χ2v) is 8.63. The molecule has 4 rings (SSSR count). The molecular weight excluding hydrogens is 398 g/mol. The number of benzene rings is 1. The summed E-state index contributed by atoms with van der Waals surface area (Å²) in [6.07, 6.45) is 2.04. The van der Waals surface area contributed by atoms with Crippen LogP contribution in [0.1, 0.15) is 29.4 Å². The molecule has 4 aromatic rings. The maximum Gasteiger partial charge on any atom is 0.230 e. The predicted molar refractivity (Wildman–Crippen MR) is 119 cm³/mol. The van der Waals surface area contributed by atoms with Crippen LogP contribution < -0.4 is 10.1 Å². The van der Waals surface area contributed by atoms with Gasteiger partial charge in [-0.3, -0.25) is 9.89 Å². The Bertz CT molecular complexity index is 1210. The van der Waals surface area contributed by atoms with Crippen LogP contribution in [0.3, 0.4) is 0 Å². The highest BCUT2D eigenvalue weighted by atomic mass is 32.1. The van der Waals surface area contributed by atoms with Crippen molar-refractivity contribution in [1.82, 2.24) is 20.2 Å². The number of rotatable bonds is 6. The smallest absolute Gasteiger partial charge is 0.230 e. The molecule has 0 spiro atoms. The van der Waals surface area contributed by atoms with E-state index in [0.717, 1.165) is 43.5 Å². The van der Waals surface area contributed by atoms with Crippen molar-refractivity contribution in [1.29, 1.82) is 0 Å². The molecule has 0 fully saturated rings. The second-order valence-electron chi connectivity index (χ2n) is 7.34. The van der Waals surface area contributed by atoms with Crippen LogP contribution in [-0.4, -0.2) is 32.2 Å². The number of carbonyl (C=O) groups is 1. The maximum atomic E-state index is 12.5. The summed E-state index contributed by atoms with van der Waals surface area (Å²) in [6.45, 7) is 7.85. The van der Waals surface area contributed by atoms with Gasteiger partial charge in [0.2, 0.25) is 5.91 Å². The van der Waals surface area contributed by atoms with E-state index in [-0.39, 0.29) is 18.4 Å². The highest BCUT2D eigenvalue weighted by Crippen LogP contribution is 2.30. The molecule has 0 aliphatic heterocycles. The van der Waals surface area contributed by atoms with Gasteiger partial charge in [0.05, 0.1) is 28.7 Å². The summed E-state index contributed by atoms with van der Waals surface area (Å²) >= 11 is 1.54. The third-order valence-electron chi connectivity index (χ3n) is 4.53. The molecule has 154 valence electrons. The van der Waals surface area contributed by atoms with E-state index in [4.69, 9.17) is 4.74 Å². The highest BCUT2D eigenvalue weighted by molar-refractivity contribution is 7.11. The predicted octanol–water partition coefficient (Wildman–Crippen LogP) is 4.67. The van der Waals surface area contributed by atoms with Gasteiger partial charge in [0, 0.05) is 22.0 Å². The average Bonchev–Trinajstić information content (AvgIpc) is 3.23. The van der Waals surface area contributed by atoms with E-state index in [1.54, 1.807) is 17.5 Å². The Balaban J connectivity index is 1.57. The lowest BCUT2D eigenvalue weighted by Gasteiger charge is -2.09. The van der Waals surface area contributed by atoms with E-state index < -0.39 is 0 Å². The molecule has 1 aromatic carbocycles. The summed E-state index contributed by atoms with van der Waals surface area (Å²) in [5.41, 5.74) is 3.46. The van der Waals surface area contributed by atoms with Crippen molar-refractivity contribution in [2.24, 2.45) is 0 Å². The van der Waals surface area contributed by atoms with Gasteiger partial charge in [-0.05, 0) is 58.0 Å². The number of aryl methyl sites for hydroxylation is 2. The lowest BCUT2D eigenvalue weighted by atomic mass is 10.1. The van der Waals surface area contributed by atoms with Gasteiger partial charge < -0.3 is 10.1 Å². The van der Waals surface area contributed by atoms with Crippen LogP contribution in [0.4, 0.5) is 5.82 Å². The van der Waals surface area contributed by atoms with Crippen molar-refractivity contribution >= 4 is 34.0 Å². The first kappa shape index (κ1) is 20.0. The van der Waals surface area contributed by atoms with Crippen LogP contribution in [0.15, 0.2) is 36.5 Å². The van der Waals surface area contributed by atoms with Crippen molar-refractivity contribution < 1.29 is 9.53 Å². The summed E-state index contributed by atoms with van der Waals surface area (Å²) in [5, 5.41) is 12.3. The number of anilines is 1. The molecule has 0 aliphatic rings. The number of fused-ring (bicyclic) bond motifs is 1. The Morgan fingerprint density at radius 3 is 2.80 bits per heavy atom. The lowest BCUT2D eigenvalue weighted by molar-refractivity contribution is -0.115. The average molecular weight is 422 g/mol. The van der Waals surface area contributed by atoms with E-state index in [1.165, 1.54) is 0 Å². The van der Waals surface area contributed by atoms with Gasteiger partial charge in [-0.2, -0.15) is 5.10 Å². The molecule has 0 unspecified atom stereocenters. The highest BCUT2D eigenvalue weighted by Gasteiger charge is 2.14. The van der Waals surface area contributed by atoms with E-state index >= 15 is 0 Å². The van der Waals surface area contributed by atoms with Gasteiger partial charge in [-0.25, -0.2) is 9.97 Å². The fourth-order valence-corrected chi connectivity index (χ4v) is 4.21. The Kier molecular flexibility index (Phi) is 5.50. The minimum Gasteiger partial charge on any atom is -0.491 e. The van der Waals surface area contributed by atoms with E-state index in [0.29, 0.717) is 5.82 Å². The second kappa shape index (κ2) is 8.23. The van der Waals surface area contributed by atoms with Crippen LogP contribution >= 0.6 is 11.3 Å². The minimum atomic E-state index is -0.120. The molecule has 0 saturated carbocycles. The van der Waals surface area contributed by atoms with Crippen LogP contribution in [-0.2, 0) is 11.2 Å². The first-order chi connectivity index (χ1) is 14.4. The molecule has 1 amide bonds. The van der Waals surface area contributed by atoms with Crippen LogP contribution in [0.2, 0.25) is 0 Å². The summed E-state index contributed by atoms with van der Waals surface area (Å²) in [6, 6.07) is 9.55. The van der Waals surface area contributed by atoms with Gasteiger partial charge in [0.15, 0.2) is 0 Å². The number of ether oxygens (including phenoxy) is 1. The zero-order valence-corrected chi connectivity index (χ0v) is 18.1. The summed E-state index contributed by atoms with van der Waals surface area (Å²) in [7, 11) is 0. The third kappa shape index (κ3) is 4.33. The molecule has 0 saturated heterocycles. The number of amides is 1. The van der Waals surface area contributed by atoms with Gasteiger partial charge in [-0.15, -0.1) is 11.3 Å².